The Balaban J connectivity index is 1.95. The molecule has 1 atom stereocenters. The molecule has 0 bridgehead atoms. The zero-order valence-corrected chi connectivity index (χ0v) is 9.79. The lowest BCUT2D eigenvalue weighted by Crippen LogP contribution is -2.20. The summed E-state index contributed by atoms with van der Waals surface area (Å²) in [5.74, 6) is 0. The molecule has 15 heavy (non-hydrogen) atoms. The van der Waals surface area contributed by atoms with Gasteiger partial charge in [-0.25, -0.2) is 0 Å². The molecule has 1 fully saturated rings. The van der Waals surface area contributed by atoms with E-state index >= 15 is 0 Å². The van der Waals surface area contributed by atoms with Crippen molar-refractivity contribution in [3.8, 4) is 0 Å². The van der Waals surface area contributed by atoms with Gasteiger partial charge < -0.3 is 5.32 Å². The van der Waals surface area contributed by atoms with Gasteiger partial charge in [-0.2, -0.15) is 0 Å². The summed E-state index contributed by atoms with van der Waals surface area (Å²) in [6.45, 7) is 4.48. The first-order valence-electron chi connectivity index (χ1n) is 6.14. The van der Waals surface area contributed by atoms with Crippen LogP contribution in [0.15, 0.2) is 24.3 Å². The van der Waals surface area contributed by atoms with Gasteiger partial charge in [0.15, 0.2) is 0 Å². The maximum atomic E-state index is 3.62. The molecule has 0 radical (unpaired) electrons. The highest BCUT2D eigenvalue weighted by molar-refractivity contribution is 5.25. The second kappa shape index (κ2) is 4.80. The molecule has 1 nitrogen and oxygen atoms in total. The van der Waals surface area contributed by atoms with E-state index in [1.165, 1.54) is 36.8 Å². The number of nitrogens with one attached hydrogen (secondary N) is 1. The summed E-state index contributed by atoms with van der Waals surface area (Å²) in [4.78, 5) is 0. The molecule has 0 heterocycles. The Morgan fingerprint density at radius 1 is 1.27 bits per heavy atom. The molecule has 0 saturated heterocycles. The van der Waals surface area contributed by atoms with Crippen LogP contribution in [0, 0.1) is 0 Å². The van der Waals surface area contributed by atoms with Gasteiger partial charge in [0.25, 0.3) is 0 Å². The second-order valence-corrected chi connectivity index (χ2v) is 4.65. The molecule has 82 valence electrons. The maximum Gasteiger partial charge on any atom is 0.0294 e. The summed E-state index contributed by atoms with van der Waals surface area (Å²) in [5.41, 5.74) is 2.88. The Kier molecular flexibility index (Phi) is 3.42. The van der Waals surface area contributed by atoms with E-state index < -0.39 is 0 Å². The normalized spacial score (nSPS) is 17.7. The van der Waals surface area contributed by atoms with Gasteiger partial charge >= 0.3 is 0 Å². The molecule has 0 aromatic heterocycles. The summed E-state index contributed by atoms with van der Waals surface area (Å²) >= 11 is 0. The lowest BCUT2D eigenvalue weighted by molar-refractivity contribution is 0.571. The molecule has 1 aliphatic rings. The minimum absolute atomic E-state index is 0.508. The van der Waals surface area contributed by atoms with Gasteiger partial charge in [-0.3, -0.25) is 0 Å². The summed E-state index contributed by atoms with van der Waals surface area (Å²) in [6, 6.07) is 10.4. The van der Waals surface area contributed by atoms with Gasteiger partial charge in [0.2, 0.25) is 0 Å². The van der Waals surface area contributed by atoms with Crippen molar-refractivity contribution in [2.75, 3.05) is 0 Å². The Hall–Kier alpha value is -0.820. The average Bonchev–Trinajstić information content (AvgIpc) is 3.03. The van der Waals surface area contributed by atoms with Crippen LogP contribution in [0.3, 0.4) is 0 Å². The standard InChI is InChI=1S/C14H21N/c1-3-4-12-5-7-13(8-6-12)11(2)15-14-9-10-14/h5-8,11,14-15H,3-4,9-10H2,1-2H3/t11-/m0/s1. The van der Waals surface area contributed by atoms with Crippen molar-refractivity contribution in [3.63, 3.8) is 0 Å². The second-order valence-electron chi connectivity index (χ2n) is 4.65. The highest BCUT2D eigenvalue weighted by atomic mass is 15.0. The maximum absolute atomic E-state index is 3.62. The van der Waals surface area contributed by atoms with Crippen LogP contribution in [0.4, 0.5) is 0 Å². The first-order valence-corrected chi connectivity index (χ1v) is 6.14. The van der Waals surface area contributed by atoms with Crippen molar-refractivity contribution in [1.29, 1.82) is 0 Å². The van der Waals surface area contributed by atoms with Crippen molar-refractivity contribution in [2.24, 2.45) is 0 Å². The fourth-order valence-corrected chi connectivity index (χ4v) is 1.96. The minimum Gasteiger partial charge on any atom is -0.307 e. The molecule has 1 heteroatoms. The zero-order valence-electron chi connectivity index (χ0n) is 9.79. The molecule has 1 saturated carbocycles. The van der Waals surface area contributed by atoms with Crippen molar-refractivity contribution < 1.29 is 0 Å². The Morgan fingerprint density at radius 2 is 1.93 bits per heavy atom. The van der Waals surface area contributed by atoms with Crippen LogP contribution >= 0.6 is 0 Å². The SMILES string of the molecule is CCCc1ccc([C@H](C)NC2CC2)cc1. The largest absolute Gasteiger partial charge is 0.307 e. The third-order valence-electron chi connectivity index (χ3n) is 3.08. The fraction of sp³-hybridized carbons (Fsp3) is 0.571. The van der Waals surface area contributed by atoms with E-state index in [4.69, 9.17) is 0 Å². The average molecular weight is 203 g/mol. The third kappa shape index (κ3) is 3.07. The molecule has 1 aliphatic carbocycles. The lowest BCUT2D eigenvalue weighted by Gasteiger charge is -2.13. The molecule has 0 amide bonds. The van der Waals surface area contributed by atoms with Crippen molar-refractivity contribution in [1.82, 2.24) is 5.32 Å². The molecule has 0 spiro atoms. The van der Waals surface area contributed by atoms with Gasteiger partial charge in [-0.05, 0) is 37.3 Å². The summed E-state index contributed by atoms with van der Waals surface area (Å²) in [6.07, 6.45) is 5.15. The van der Waals surface area contributed by atoms with Crippen molar-refractivity contribution in [2.45, 2.75) is 51.6 Å². The van der Waals surface area contributed by atoms with Crippen LogP contribution < -0.4 is 5.32 Å². The Labute approximate surface area is 92.9 Å². The number of benzene rings is 1. The third-order valence-corrected chi connectivity index (χ3v) is 3.08. The van der Waals surface area contributed by atoms with Crippen LogP contribution in [0.5, 0.6) is 0 Å². The van der Waals surface area contributed by atoms with Gasteiger partial charge in [0.05, 0.1) is 0 Å². The zero-order chi connectivity index (χ0) is 10.7. The molecule has 0 unspecified atom stereocenters. The first kappa shape index (κ1) is 10.7. The van der Waals surface area contributed by atoms with E-state index in [-0.39, 0.29) is 0 Å². The monoisotopic (exact) mass is 203 g/mol. The predicted molar refractivity (Wildman–Crippen MR) is 65.0 cm³/mol. The Bertz CT molecular complexity index is 298. The van der Waals surface area contributed by atoms with Crippen LogP contribution in [-0.2, 0) is 6.42 Å². The number of hydrogen-bond donors (Lipinski definition) is 1. The lowest BCUT2D eigenvalue weighted by atomic mass is 10.0. The topological polar surface area (TPSA) is 12.0 Å². The molecule has 1 aromatic carbocycles. The number of rotatable bonds is 5. The van der Waals surface area contributed by atoms with Crippen LogP contribution in [0.1, 0.15) is 50.3 Å². The van der Waals surface area contributed by atoms with Gasteiger partial charge in [0.1, 0.15) is 0 Å². The van der Waals surface area contributed by atoms with E-state index in [1.54, 1.807) is 0 Å². The summed E-state index contributed by atoms with van der Waals surface area (Å²) in [7, 11) is 0. The van der Waals surface area contributed by atoms with E-state index in [9.17, 15) is 0 Å². The fourth-order valence-electron chi connectivity index (χ4n) is 1.96. The highest BCUT2D eigenvalue weighted by Crippen LogP contribution is 2.24. The molecule has 2 rings (SSSR count). The van der Waals surface area contributed by atoms with Crippen LogP contribution in [0.25, 0.3) is 0 Å². The van der Waals surface area contributed by atoms with E-state index in [0.29, 0.717) is 6.04 Å². The van der Waals surface area contributed by atoms with Crippen LogP contribution in [-0.4, -0.2) is 6.04 Å². The van der Waals surface area contributed by atoms with E-state index in [1.807, 2.05) is 0 Å². The Morgan fingerprint density at radius 3 is 2.47 bits per heavy atom. The predicted octanol–water partition coefficient (Wildman–Crippen LogP) is 3.45. The smallest absolute Gasteiger partial charge is 0.0294 e. The van der Waals surface area contributed by atoms with Gasteiger partial charge in [0, 0.05) is 12.1 Å². The van der Waals surface area contributed by atoms with Crippen molar-refractivity contribution in [3.05, 3.63) is 35.4 Å². The molecule has 0 aliphatic heterocycles. The molecule has 1 aromatic rings. The molecular weight excluding hydrogens is 182 g/mol. The van der Waals surface area contributed by atoms with Crippen LogP contribution in [0.2, 0.25) is 0 Å². The first-order chi connectivity index (χ1) is 7.29. The molecular formula is C14H21N. The van der Waals surface area contributed by atoms with Crippen molar-refractivity contribution >= 4 is 0 Å². The highest BCUT2D eigenvalue weighted by Gasteiger charge is 2.22. The number of aryl methyl sites for hydroxylation is 1. The quantitative estimate of drug-likeness (QED) is 0.773. The molecule has 1 N–H and O–H groups in total. The van der Waals surface area contributed by atoms with E-state index in [2.05, 4.69) is 43.4 Å². The summed E-state index contributed by atoms with van der Waals surface area (Å²) < 4.78 is 0. The minimum atomic E-state index is 0.508. The van der Waals surface area contributed by atoms with Gasteiger partial charge in [-0.15, -0.1) is 0 Å². The summed E-state index contributed by atoms with van der Waals surface area (Å²) in [5, 5.41) is 3.62. The van der Waals surface area contributed by atoms with E-state index in [0.717, 1.165) is 6.04 Å². The van der Waals surface area contributed by atoms with Gasteiger partial charge in [-0.1, -0.05) is 37.6 Å². The number of hydrogen-bond acceptors (Lipinski definition) is 1.